The molecule has 1 aromatic carbocycles. The second-order valence-corrected chi connectivity index (χ2v) is 2.62. The Morgan fingerprint density at radius 1 is 1.25 bits per heavy atom. The van der Waals surface area contributed by atoms with Crippen LogP contribution in [0.1, 0.15) is 12.5 Å². The third-order valence-electron chi connectivity index (χ3n) is 1.62. The summed E-state index contributed by atoms with van der Waals surface area (Å²) >= 11 is 0. The van der Waals surface area contributed by atoms with Gasteiger partial charge in [0.05, 0.1) is 0 Å². The number of benzene rings is 1. The molecule has 64 valence electrons. The van der Waals surface area contributed by atoms with E-state index in [-0.39, 0.29) is 0 Å². The van der Waals surface area contributed by atoms with E-state index in [2.05, 4.69) is 36.5 Å². The van der Waals surface area contributed by atoms with Gasteiger partial charge in [0, 0.05) is 6.54 Å². The number of hydrogen-bond donors (Lipinski definition) is 1. The molecule has 1 heteroatoms. The molecule has 1 aromatic rings. The van der Waals surface area contributed by atoms with Gasteiger partial charge in [-0.1, -0.05) is 49.4 Å². The van der Waals surface area contributed by atoms with E-state index in [1.54, 1.807) is 0 Å². The molecular weight excluding hydrogens is 146 g/mol. The molecule has 0 unspecified atom stereocenters. The Morgan fingerprint density at radius 2 is 2.00 bits per heavy atom. The van der Waals surface area contributed by atoms with E-state index in [0.717, 1.165) is 13.1 Å². The topological polar surface area (TPSA) is 12.0 Å². The smallest absolute Gasteiger partial charge is 0.0138 e. The Labute approximate surface area is 74.1 Å². The monoisotopic (exact) mass is 161 g/mol. The Kier molecular flexibility index (Phi) is 4.17. The summed E-state index contributed by atoms with van der Waals surface area (Å²) in [6.45, 7) is 4.08. The second-order valence-electron chi connectivity index (χ2n) is 2.62. The molecule has 0 saturated heterocycles. The van der Waals surface area contributed by atoms with Crippen LogP contribution in [0.2, 0.25) is 0 Å². The van der Waals surface area contributed by atoms with Gasteiger partial charge in [-0.15, -0.1) is 0 Å². The first-order chi connectivity index (χ1) is 5.93. The lowest BCUT2D eigenvalue weighted by atomic mass is 10.2. The molecule has 12 heavy (non-hydrogen) atoms. The van der Waals surface area contributed by atoms with Crippen molar-refractivity contribution in [2.24, 2.45) is 0 Å². The predicted octanol–water partition coefficient (Wildman–Crippen LogP) is 2.31. The molecule has 0 aliphatic carbocycles. The summed E-state index contributed by atoms with van der Waals surface area (Å²) in [5, 5.41) is 3.23. The van der Waals surface area contributed by atoms with Crippen molar-refractivity contribution in [2.45, 2.75) is 6.92 Å². The maximum atomic E-state index is 3.23. The van der Waals surface area contributed by atoms with Crippen LogP contribution >= 0.6 is 0 Å². The summed E-state index contributed by atoms with van der Waals surface area (Å²) in [4.78, 5) is 0. The highest BCUT2D eigenvalue weighted by molar-refractivity contribution is 5.48. The molecule has 1 rings (SSSR count). The van der Waals surface area contributed by atoms with Gasteiger partial charge >= 0.3 is 0 Å². The molecule has 0 amide bonds. The molecule has 0 saturated carbocycles. The summed E-state index contributed by atoms with van der Waals surface area (Å²) in [7, 11) is 0. The molecule has 1 N–H and O–H groups in total. The number of hydrogen-bond acceptors (Lipinski definition) is 1. The van der Waals surface area contributed by atoms with Gasteiger partial charge in [0.1, 0.15) is 0 Å². The standard InChI is InChI=1S/C11H15N/c1-2-12-10-6-9-11-7-4-3-5-8-11/h3-9,12H,2,10H2,1H3/b9-6+. The lowest BCUT2D eigenvalue weighted by Crippen LogP contribution is -2.11. The fourth-order valence-electron chi connectivity index (χ4n) is 0.987. The molecule has 0 fully saturated rings. The summed E-state index contributed by atoms with van der Waals surface area (Å²) in [5.74, 6) is 0. The van der Waals surface area contributed by atoms with Crippen LogP contribution in [-0.2, 0) is 0 Å². The Hall–Kier alpha value is -1.08. The zero-order valence-corrected chi connectivity index (χ0v) is 7.46. The van der Waals surface area contributed by atoms with E-state index >= 15 is 0 Å². The first-order valence-electron chi connectivity index (χ1n) is 4.36. The number of rotatable bonds is 4. The van der Waals surface area contributed by atoms with Crippen LogP contribution in [0, 0.1) is 0 Å². The maximum Gasteiger partial charge on any atom is 0.0138 e. The van der Waals surface area contributed by atoms with Gasteiger partial charge in [-0.2, -0.15) is 0 Å². The van der Waals surface area contributed by atoms with Crippen molar-refractivity contribution in [3.8, 4) is 0 Å². The van der Waals surface area contributed by atoms with Crippen molar-refractivity contribution < 1.29 is 0 Å². The van der Waals surface area contributed by atoms with Crippen LogP contribution in [0.3, 0.4) is 0 Å². The quantitative estimate of drug-likeness (QED) is 0.668. The average Bonchev–Trinajstić information content (AvgIpc) is 2.14. The van der Waals surface area contributed by atoms with Crippen molar-refractivity contribution in [3.05, 3.63) is 42.0 Å². The molecule has 0 aliphatic rings. The largest absolute Gasteiger partial charge is 0.314 e. The van der Waals surface area contributed by atoms with Gasteiger partial charge in [0.25, 0.3) is 0 Å². The first-order valence-corrected chi connectivity index (χ1v) is 4.36. The van der Waals surface area contributed by atoms with Gasteiger partial charge in [-0.05, 0) is 12.1 Å². The molecular formula is C11H15N. The molecule has 0 aromatic heterocycles. The normalized spacial score (nSPS) is 10.8. The van der Waals surface area contributed by atoms with Crippen molar-refractivity contribution in [2.75, 3.05) is 13.1 Å². The van der Waals surface area contributed by atoms with Crippen LogP contribution in [-0.4, -0.2) is 13.1 Å². The summed E-state index contributed by atoms with van der Waals surface area (Å²) in [6.07, 6.45) is 4.27. The minimum atomic E-state index is 0.950. The van der Waals surface area contributed by atoms with Gasteiger partial charge < -0.3 is 5.32 Å². The van der Waals surface area contributed by atoms with Crippen molar-refractivity contribution >= 4 is 6.08 Å². The number of likely N-dealkylation sites (N-methyl/N-ethyl adjacent to an activating group) is 1. The molecule has 0 bridgehead atoms. The average molecular weight is 161 g/mol. The molecule has 0 aliphatic heterocycles. The van der Waals surface area contributed by atoms with Crippen LogP contribution in [0.25, 0.3) is 6.08 Å². The SMILES string of the molecule is CCNC/C=C/c1ccccc1. The zero-order chi connectivity index (χ0) is 8.65. The molecule has 0 heterocycles. The van der Waals surface area contributed by atoms with Gasteiger partial charge in [0.2, 0.25) is 0 Å². The van der Waals surface area contributed by atoms with E-state index in [0.29, 0.717) is 0 Å². The maximum absolute atomic E-state index is 3.23. The minimum Gasteiger partial charge on any atom is -0.314 e. The molecule has 0 radical (unpaired) electrons. The van der Waals surface area contributed by atoms with E-state index < -0.39 is 0 Å². The highest BCUT2D eigenvalue weighted by Gasteiger charge is 1.80. The van der Waals surface area contributed by atoms with Crippen molar-refractivity contribution in [3.63, 3.8) is 0 Å². The molecule has 0 spiro atoms. The predicted molar refractivity (Wildman–Crippen MR) is 54.0 cm³/mol. The van der Waals surface area contributed by atoms with Crippen molar-refractivity contribution in [1.82, 2.24) is 5.32 Å². The third kappa shape index (κ3) is 3.35. The Balaban J connectivity index is 2.36. The van der Waals surface area contributed by atoms with Crippen LogP contribution < -0.4 is 5.32 Å². The molecule has 1 nitrogen and oxygen atoms in total. The van der Waals surface area contributed by atoms with E-state index in [1.807, 2.05) is 18.2 Å². The fraction of sp³-hybridized carbons (Fsp3) is 0.273. The Morgan fingerprint density at radius 3 is 2.67 bits per heavy atom. The summed E-state index contributed by atoms with van der Waals surface area (Å²) < 4.78 is 0. The highest BCUT2D eigenvalue weighted by atomic mass is 14.8. The number of nitrogens with one attached hydrogen (secondary N) is 1. The second kappa shape index (κ2) is 5.56. The van der Waals surface area contributed by atoms with Crippen molar-refractivity contribution in [1.29, 1.82) is 0 Å². The lowest BCUT2D eigenvalue weighted by molar-refractivity contribution is 0.801. The lowest BCUT2D eigenvalue weighted by Gasteiger charge is -1.93. The fourth-order valence-corrected chi connectivity index (χ4v) is 0.987. The molecule has 0 atom stereocenters. The highest BCUT2D eigenvalue weighted by Crippen LogP contribution is 1.99. The van der Waals surface area contributed by atoms with Gasteiger partial charge in [-0.25, -0.2) is 0 Å². The Bertz CT molecular complexity index is 226. The van der Waals surface area contributed by atoms with Crippen LogP contribution in [0.4, 0.5) is 0 Å². The summed E-state index contributed by atoms with van der Waals surface area (Å²) in [6, 6.07) is 10.3. The van der Waals surface area contributed by atoms with Crippen LogP contribution in [0.15, 0.2) is 36.4 Å². The van der Waals surface area contributed by atoms with Gasteiger partial charge in [-0.3, -0.25) is 0 Å². The van der Waals surface area contributed by atoms with E-state index in [4.69, 9.17) is 0 Å². The van der Waals surface area contributed by atoms with E-state index in [1.165, 1.54) is 5.56 Å². The first kappa shape index (κ1) is 9.01. The van der Waals surface area contributed by atoms with E-state index in [9.17, 15) is 0 Å². The van der Waals surface area contributed by atoms with Crippen LogP contribution in [0.5, 0.6) is 0 Å². The summed E-state index contributed by atoms with van der Waals surface area (Å²) in [5.41, 5.74) is 1.26. The zero-order valence-electron chi connectivity index (χ0n) is 7.46. The third-order valence-corrected chi connectivity index (χ3v) is 1.62. The van der Waals surface area contributed by atoms with Gasteiger partial charge in [0.15, 0.2) is 0 Å². The minimum absolute atomic E-state index is 0.950.